The molecular weight excluding hydrogens is 358 g/mol. The van der Waals surface area contributed by atoms with Gasteiger partial charge in [0.1, 0.15) is 0 Å². The number of amides is 1. The van der Waals surface area contributed by atoms with Crippen LogP contribution in [0.1, 0.15) is 29.6 Å². The number of carbonyl (C=O) groups is 1. The van der Waals surface area contributed by atoms with Gasteiger partial charge in [-0.2, -0.15) is 5.10 Å². The van der Waals surface area contributed by atoms with Gasteiger partial charge in [-0.05, 0) is 41.9 Å². The van der Waals surface area contributed by atoms with Crippen LogP contribution in [0.2, 0.25) is 0 Å². The summed E-state index contributed by atoms with van der Waals surface area (Å²) < 4.78 is 2.70. The molecule has 6 nitrogen and oxygen atoms in total. The summed E-state index contributed by atoms with van der Waals surface area (Å²) in [6.45, 7) is 2.09. The third kappa shape index (κ3) is 2.33. The number of halogens is 1. The van der Waals surface area contributed by atoms with E-state index in [1.807, 2.05) is 12.3 Å². The maximum Gasteiger partial charge on any atom is 0.252 e. The lowest BCUT2D eigenvalue weighted by Gasteiger charge is -2.43. The number of aromatic nitrogens is 2. The van der Waals surface area contributed by atoms with E-state index in [1.165, 1.54) is 19.3 Å². The Morgan fingerprint density at radius 2 is 2.30 bits per heavy atom. The molecule has 0 bridgehead atoms. The smallest absolute Gasteiger partial charge is 0.252 e. The molecule has 3 N–H and O–H groups in total. The Hall–Kier alpha value is -1.60. The molecule has 2 aromatic rings. The van der Waals surface area contributed by atoms with Crippen molar-refractivity contribution in [2.24, 2.45) is 11.1 Å². The van der Waals surface area contributed by atoms with Gasteiger partial charge in [0.15, 0.2) is 0 Å². The van der Waals surface area contributed by atoms with Crippen LogP contribution in [0.15, 0.2) is 22.9 Å². The zero-order chi connectivity index (χ0) is 16.2. The number of fused-ring (bicyclic) bond motifs is 1. The van der Waals surface area contributed by atoms with Crippen molar-refractivity contribution in [2.75, 3.05) is 25.5 Å². The lowest BCUT2D eigenvalue weighted by molar-refractivity contribution is 0.1000. The summed E-state index contributed by atoms with van der Waals surface area (Å²) in [6, 6.07) is 2.30. The Morgan fingerprint density at radius 3 is 2.96 bits per heavy atom. The Morgan fingerprint density at radius 1 is 1.52 bits per heavy atom. The van der Waals surface area contributed by atoms with Crippen molar-refractivity contribution in [2.45, 2.75) is 25.3 Å². The van der Waals surface area contributed by atoms with Gasteiger partial charge in [0.05, 0.1) is 23.0 Å². The molecule has 1 aliphatic carbocycles. The molecule has 0 radical (unpaired) electrons. The molecule has 0 aromatic carbocycles. The first-order chi connectivity index (χ1) is 11.0. The second-order valence-corrected chi connectivity index (χ2v) is 7.81. The van der Waals surface area contributed by atoms with Crippen molar-refractivity contribution in [1.29, 1.82) is 0 Å². The zero-order valence-electron chi connectivity index (χ0n) is 13.1. The number of carbonyl (C=O) groups excluding carboxylic acids is 1. The molecule has 1 spiro atoms. The standard InChI is InChI=1S/C16H20BrN5O/c1-21-8-13(16(9-21)3-2-4-16)20-14-11(15(18)23)6-19-22-7-10(17)5-12(14)22/h5-7,13,20H,2-4,8-9H2,1H3,(H2,18,23). The molecule has 1 saturated heterocycles. The first-order valence-electron chi connectivity index (χ1n) is 7.90. The van der Waals surface area contributed by atoms with Crippen LogP contribution in [0, 0.1) is 5.41 Å². The van der Waals surface area contributed by atoms with Crippen LogP contribution < -0.4 is 11.1 Å². The van der Waals surface area contributed by atoms with Crippen molar-refractivity contribution < 1.29 is 4.79 Å². The average molecular weight is 378 g/mol. The Labute approximate surface area is 143 Å². The summed E-state index contributed by atoms with van der Waals surface area (Å²) in [5.74, 6) is -0.450. The van der Waals surface area contributed by atoms with E-state index in [1.54, 1.807) is 10.7 Å². The highest BCUT2D eigenvalue weighted by molar-refractivity contribution is 9.10. The molecule has 2 aromatic heterocycles. The monoisotopic (exact) mass is 377 g/mol. The lowest BCUT2D eigenvalue weighted by Crippen LogP contribution is -2.45. The number of hydrogen-bond acceptors (Lipinski definition) is 4. The summed E-state index contributed by atoms with van der Waals surface area (Å²) >= 11 is 3.48. The number of anilines is 1. The fraction of sp³-hybridized carbons (Fsp3) is 0.500. The van der Waals surface area contributed by atoms with Gasteiger partial charge in [-0.25, -0.2) is 4.52 Å². The molecule has 1 saturated carbocycles. The minimum atomic E-state index is -0.450. The fourth-order valence-electron chi connectivity index (χ4n) is 4.09. The van der Waals surface area contributed by atoms with Gasteiger partial charge in [0.25, 0.3) is 5.91 Å². The highest BCUT2D eigenvalue weighted by Crippen LogP contribution is 2.49. The van der Waals surface area contributed by atoms with E-state index in [-0.39, 0.29) is 0 Å². The van der Waals surface area contributed by atoms with E-state index in [0.717, 1.165) is 28.8 Å². The zero-order valence-corrected chi connectivity index (χ0v) is 14.6. The van der Waals surface area contributed by atoms with Crippen LogP contribution in [-0.4, -0.2) is 46.6 Å². The van der Waals surface area contributed by atoms with Crippen LogP contribution in [0.3, 0.4) is 0 Å². The molecule has 23 heavy (non-hydrogen) atoms. The highest BCUT2D eigenvalue weighted by Gasteiger charge is 2.49. The van der Waals surface area contributed by atoms with Crippen molar-refractivity contribution in [3.63, 3.8) is 0 Å². The fourth-order valence-corrected chi connectivity index (χ4v) is 4.50. The first-order valence-corrected chi connectivity index (χ1v) is 8.70. The summed E-state index contributed by atoms with van der Waals surface area (Å²) in [4.78, 5) is 14.2. The van der Waals surface area contributed by atoms with Crippen LogP contribution >= 0.6 is 15.9 Å². The predicted molar refractivity (Wildman–Crippen MR) is 92.6 cm³/mol. The largest absolute Gasteiger partial charge is 0.378 e. The first kappa shape index (κ1) is 15.0. The minimum absolute atomic E-state index is 0.327. The van der Waals surface area contributed by atoms with Crippen molar-refractivity contribution >= 4 is 33.0 Å². The Bertz CT molecular complexity index is 782. The quantitative estimate of drug-likeness (QED) is 0.858. The lowest BCUT2D eigenvalue weighted by atomic mass is 9.65. The minimum Gasteiger partial charge on any atom is -0.378 e. The van der Waals surface area contributed by atoms with E-state index >= 15 is 0 Å². The molecule has 1 aliphatic heterocycles. The number of nitrogens with one attached hydrogen (secondary N) is 1. The molecule has 7 heteroatoms. The molecule has 1 amide bonds. The van der Waals surface area contributed by atoms with Crippen molar-refractivity contribution in [3.05, 3.63) is 28.5 Å². The van der Waals surface area contributed by atoms with Gasteiger partial charge in [-0.15, -0.1) is 0 Å². The number of nitrogens with two attached hydrogens (primary N) is 1. The number of primary amides is 1. The molecule has 2 fully saturated rings. The maximum atomic E-state index is 11.9. The van der Waals surface area contributed by atoms with Crippen LogP contribution in [0.5, 0.6) is 0 Å². The highest BCUT2D eigenvalue weighted by atomic mass is 79.9. The average Bonchev–Trinajstić information content (AvgIpc) is 2.98. The summed E-state index contributed by atoms with van der Waals surface area (Å²) in [5, 5.41) is 7.93. The van der Waals surface area contributed by atoms with E-state index in [4.69, 9.17) is 5.73 Å². The van der Waals surface area contributed by atoms with Crippen molar-refractivity contribution in [3.8, 4) is 0 Å². The van der Waals surface area contributed by atoms with Crippen LogP contribution in [0.25, 0.3) is 5.52 Å². The van der Waals surface area contributed by atoms with E-state index < -0.39 is 5.91 Å². The molecule has 1 atom stereocenters. The summed E-state index contributed by atoms with van der Waals surface area (Å²) in [7, 11) is 2.16. The van der Waals surface area contributed by atoms with Gasteiger partial charge >= 0.3 is 0 Å². The third-order valence-electron chi connectivity index (χ3n) is 5.36. The Kier molecular flexibility index (Phi) is 3.39. The topological polar surface area (TPSA) is 75.7 Å². The van der Waals surface area contributed by atoms with Gasteiger partial charge in [-0.1, -0.05) is 6.42 Å². The van der Waals surface area contributed by atoms with Gasteiger partial charge < -0.3 is 16.0 Å². The number of rotatable bonds is 3. The number of nitrogens with zero attached hydrogens (tertiary/aromatic N) is 3. The molecule has 2 aliphatic rings. The predicted octanol–water partition coefficient (Wildman–Crippen LogP) is 2.09. The van der Waals surface area contributed by atoms with Gasteiger partial charge in [0.2, 0.25) is 0 Å². The molecule has 4 rings (SSSR count). The van der Waals surface area contributed by atoms with Gasteiger partial charge in [0, 0.05) is 35.2 Å². The second kappa shape index (κ2) is 5.21. The number of likely N-dealkylation sites (tertiary alicyclic amines) is 1. The van der Waals surface area contributed by atoms with E-state index in [9.17, 15) is 4.79 Å². The third-order valence-corrected chi connectivity index (χ3v) is 5.79. The van der Waals surface area contributed by atoms with E-state index in [2.05, 4.69) is 38.3 Å². The summed E-state index contributed by atoms with van der Waals surface area (Å²) in [6.07, 6.45) is 7.21. The SMILES string of the molecule is CN1CC(Nc2c(C(N)=O)cnn3cc(Br)cc23)C2(CCC2)C1. The Balaban J connectivity index is 1.78. The molecule has 122 valence electrons. The number of likely N-dealkylation sites (N-methyl/N-ethyl adjacent to an activating group) is 1. The van der Waals surface area contributed by atoms with Gasteiger partial charge in [-0.3, -0.25) is 4.79 Å². The molecule has 1 unspecified atom stereocenters. The maximum absolute atomic E-state index is 11.9. The molecular formula is C16H20BrN5O. The van der Waals surface area contributed by atoms with Crippen molar-refractivity contribution in [1.82, 2.24) is 14.5 Å². The number of hydrogen-bond donors (Lipinski definition) is 2. The second-order valence-electron chi connectivity index (χ2n) is 6.90. The van der Waals surface area contributed by atoms with Crippen LogP contribution in [-0.2, 0) is 0 Å². The summed E-state index contributed by atoms with van der Waals surface area (Å²) in [5.41, 5.74) is 8.02. The molecule has 3 heterocycles. The van der Waals surface area contributed by atoms with E-state index in [0.29, 0.717) is 17.0 Å². The normalized spacial score (nSPS) is 23.3. The van der Waals surface area contributed by atoms with Crippen LogP contribution in [0.4, 0.5) is 5.69 Å².